The molecule has 0 unspecified atom stereocenters. The molecule has 1 aliphatic carbocycles. The summed E-state index contributed by atoms with van der Waals surface area (Å²) in [6, 6.07) is 9.02. The first kappa shape index (κ1) is 16.5. The van der Waals surface area contributed by atoms with Crippen LogP contribution in [0, 0.1) is 11.3 Å². The number of hydrogen-bond acceptors (Lipinski definition) is 7. The van der Waals surface area contributed by atoms with Crippen molar-refractivity contribution in [3.8, 4) is 11.8 Å². The molecular formula is C19H16N6O2. The van der Waals surface area contributed by atoms with Crippen LogP contribution in [0.3, 0.4) is 0 Å². The van der Waals surface area contributed by atoms with Gasteiger partial charge in [-0.3, -0.25) is 0 Å². The van der Waals surface area contributed by atoms with E-state index < -0.39 is 0 Å². The fourth-order valence-corrected chi connectivity index (χ4v) is 2.78. The lowest BCUT2D eigenvalue weighted by Gasteiger charge is -2.26. The molecule has 8 heteroatoms. The van der Waals surface area contributed by atoms with Gasteiger partial charge in [-0.1, -0.05) is 12.2 Å². The number of nitriles is 1. The molecular weight excluding hydrogens is 344 g/mol. The fourth-order valence-electron chi connectivity index (χ4n) is 2.78. The zero-order valence-corrected chi connectivity index (χ0v) is 14.3. The molecule has 1 aliphatic heterocycles. The molecule has 0 bridgehead atoms. The van der Waals surface area contributed by atoms with Crippen LogP contribution in [0.15, 0.2) is 72.9 Å². The highest BCUT2D eigenvalue weighted by molar-refractivity contribution is 5.53. The number of aromatic nitrogens is 3. The number of hydrogen-bond donors (Lipinski definition) is 1. The van der Waals surface area contributed by atoms with Crippen LogP contribution in [0.2, 0.25) is 0 Å². The summed E-state index contributed by atoms with van der Waals surface area (Å²) < 4.78 is 12.3. The van der Waals surface area contributed by atoms with Crippen molar-refractivity contribution < 1.29 is 9.47 Å². The van der Waals surface area contributed by atoms with E-state index in [0.29, 0.717) is 23.1 Å². The van der Waals surface area contributed by atoms with Crippen molar-refractivity contribution in [2.45, 2.75) is 12.8 Å². The Kier molecular flexibility index (Phi) is 4.33. The first-order chi connectivity index (χ1) is 13.3. The van der Waals surface area contributed by atoms with Crippen molar-refractivity contribution in [2.24, 2.45) is 0 Å². The normalized spacial score (nSPS) is 15.2. The van der Waals surface area contributed by atoms with Gasteiger partial charge in [0, 0.05) is 5.70 Å². The predicted molar refractivity (Wildman–Crippen MR) is 98.8 cm³/mol. The van der Waals surface area contributed by atoms with Gasteiger partial charge in [-0.2, -0.15) is 14.9 Å². The molecule has 0 saturated heterocycles. The van der Waals surface area contributed by atoms with Gasteiger partial charge >= 0.3 is 0 Å². The third-order valence-corrected chi connectivity index (χ3v) is 4.05. The average molecular weight is 360 g/mol. The van der Waals surface area contributed by atoms with E-state index in [4.69, 9.17) is 20.5 Å². The Labute approximate surface area is 155 Å². The lowest BCUT2D eigenvalue weighted by atomic mass is 10.1. The van der Waals surface area contributed by atoms with Crippen LogP contribution in [0.4, 0.5) is 11.9 Å². The van der Waals surface area contributed by atoms with Crippen molar-refractivity contribution in [1.29, 1.82) is 5.26 Å². The van der Waals surface area contributed by atoms with Crippen LogP contribution in [0.5, 0.6) is 0 Å². The standard InChI is InChI=1S/C19H16N6O2/c20-12-14-6-8-16(9-7-14)25-18(21)22-19(23-25)24(15-4-2-1-3-5-15)17-13-26-10-11-27-17/h1-2,4,6-11,13H,3,5H2,(H2,21,22,23). The summed E-state index contributed by atoms with van der Waals surface area (Å²) in [6.07, 6.45) is 12.1. The summed E-state index contributed by atoms with van der Waals surface area (Å²) in [6.45, 7) is 0. The Morgan fingerprint density at radius 2 is 2.07 bits per heavy atom. The molecule has 0 saturated carbocycles. The molecule has 2 aliphatic rings. The van der Waals surface area contributed by atoms with Crippen LogP contribution in [-0.2, 0) is 9.47 Å². The third kappa shape index (κ3) is 3.26. The molecule has 4 rings (SSSR count). The fraction of sp³-hybridized carbons (Fsp3) is 0.105. The molecule has 2 N–H and O–H groups in total. The summed E-state index contributed by atoms with van der Waals surface area (Å²) >= 11 is 0. The van der Waals surface area contributed by atoms with E-state index >= 15 is 0 Å². The smallest absolute Gasteiger partial charge is 0.258 e. The first-order valence-corrected chi connectivity index (χ1v) is 8.32. The van der Waals surface area contributed by atoms with E-state index in [-0.39, 0.29) is 5.95 Å². The summed E-state index contributed by atoms with van der Waals surface area (Å²) in [5.74, 6) is 1.03. The molecule has 134 valence electrons. The van der Waals surface area contributed by atoms with E-state index in [9.17, 15) is 0 Å². The maximum Gasteiger partial charge on any atom is 0.258 e. The summed E-state index contributed by atoms with van der Waals surface area (Å²) in [5.41, 5.74) is 8.32. The van der Waals surface area contributed by atoms with Gasteiger partial charge < -0.3 is 15.2 Å². The Bertz CT molecular complexity index is 1010. The number of rotatable bonds is 4. The molecule has 2 heterocycles. The van der Waals surface area contributed by atoms with Gasteiger partial charge in [0.25, 0.3) is 5.95 Å². The van der Waals surface area contributed by atoms with Crippen LogP contribution in [0.25, 0.3) is 5.69 Å². The van der Waals surface area contributed by atoms with Gasteiger partial charge in [-0.05, 0) is 43.2 Å². The van der Waals surface area contributed by atoms with Crippen molar-refractivity contribution in [3.05, 3.63) is 78.4 Å². The lowest BCUT2D eigenvalue weighted by Crippen LogP contribution is -2.25. The topological polar surface area (TPSA) is 102 Å². The molecule has 0 radical (unpaired) electrons. The van der Waals surface area contributed by atoms with Crippen molar-refractivity contribution >= 4 is 11.9 Å². The van der Waals surface area contributed by atoms with Gasteiger partial charge in [0.05, 0.1) is 17.3 Å². The summed E-state index contributed by atoms with van der Waals surface area (Å²) in [5, 5.41) is 13.5. The number of ether oxygens (including phenoxy) is 2. The SMILES string of the molecule is N#Cc1ccc(-n2nc(N(C3=CC=CCC3)C3=COC=CO3)nc2N)cc1. The predicted octanol–water partition coefficient (Wildman–Crippen LogP) is 3.08. The Hall–Kier alpha value is -3.99. The van der Waals surface area contributed by atoms with Crippen molar-refractivity contribution in [3.63, 3.8) is 0 Å². The van der Waals surface area contributed by atoms with Crippen LogP contribution in [-0.4, -0.2) is 14.8 Å². The Morgan fingerprint density at radius 3 is 2.74 bits per heavy atom. The largest absolute Gasteiger partial charge is 0.464 e. The minimum absolute atomic E-state index is 0.222. The quantitative estimate of drug-likeness (QED) is 0.894. The lowest BCUT2D eigenvalue weighted by molar-refractivity contribution is 0.250. The highest BCUT2D eigenvalue weighted by Crippen LogP contribution is 2.29. The van der Waals surface area contributed by atoms with Crippen LogP contribution >= 0.6 is 0 Å². The highest BCUT2D eigenvalue weighted by atomic mass is 16.5. The highest BCUT2D eigenvalue weighted by Gasteiger charge is 2.25. The number of nitrogen functional groups attached to an aromatic ring is 1. The second kappa shape index (κ2) is 7.09. The average Bonchev–Trinajstić information content (AvgIpc) is 3.11. The van der Waals surface area contributed by atoms with E-state index in [1.165, 1.54) is 23.5 Å². The number of allylic oxidation sites excluding steroid dienone is 4. The Morgan fingerprint density at radius 1 is 1.22 bits per heavy atom. The zero-order chi connectivity index (χ0) is 18.6. The van der Waals surface area contributed by atoms with Gasteiger partial charge in [0.1, 0.15) is 12.5 Å². The van der Waals surface area contributed by atoms with Crippen LogP contribution < -0.4 is 10.6 Å². The molecule has 0 atom stereocenters. The Balaban J connectivity index is 1.74. The molecule has 0 amide bonds. The van der Waals surface area contributed by atoms with E-state index in [2.05, 4.69) is 22.2 Å². The van der Waals surface area contributed by atoms with E-state index in [0.717, 1.165) is 18.5 Å². The zero-order valence-electron chi connectivity index (χ0n) is 14.3. The molecule has 27 heavy (non-hydrogen) atoms. The third-order valence-electron chi connectivity index (χ3n) is 4.05. The maximum atomic E-state index is 8.95. The van der Waals surface area contributed by atoms with E-state index in [1.54, 1.807) is 29.2 Å². The van der Waals surface area contributed by atoms with Gasteiger partial charge in [0.2, 0.25) is 11.8 Å². The second-order valence-corrected chi connectivity index (χ2v) is 5.78. The monoisotopic (exact) mass is 360 g/mol. The van der Waals surface area contributed by atoms with Gasteiger partial charge in [0.15, 0.2) is 6.26 Å². The van der Waals surface area contributed by atoms with Gasteiger partial charge in [-0.25, -0.2) is 4.90 Å². The maximum absolute atomic E-state index is 8.95. The number of anilines is 2. The second-order valence-electron chi connectivity index (χ2n) is 5.78. The molecule has 8 nitrogen and oxygen atoms in total. The van der Waals surface area contributed by atoms with Crippen molar-refractivity contribution in [1.82, 2.24) is 14.8 Å². The van der Waals surface area contributed by atoms with Crippen molar-refractivity contribution in [2.75, 3.05) is 10.6 Å². The summed E-state index contributed by atoms with van der Waals surface area (Å²) in [4.78, 5) is 6.17. The number of nitrogens with two attached hydrogens (primary N) is 1. The molecule has 1 aromatic heterocycles. The summed E-state index contributed by atoms with van der Waals surface area (Å²) in [7, 11) is 0. The number of nitrogens with zero attached hydrogens (tertiary/aromatic N) is 5. The van der Waals surface area contributed by atoms with E-state index in [1.807, 2.05) is 12.2 Å². The molecule has 0 fully saturated rings. The van der Waals surface area contributed by atoms with Crippen LogP contribution in [0.1, 0.15) is 18.4 Å². The molecule has 1 aromatic carbocycles. The minimum atomic E-state index is 0.222. The number of benzene rings is 1. The van der Waals surface area contributed by atoms with Gasteiger partial charge in [-0.15, -0.1) is 5.10 Å². The molecule has 0 spiro atoms. The molecule has 2 aromatic rings. The minimum Gasteiger partial charge on any atom is -0.464 e. The first-order valence-electron chi connectivity index (χ1n) is 8.32.